The summed E-state index contributed by atoms with van der Waals surface area (Å²) in [5, 5.41) is -2.66. The summed E-state index contributed by atoms with van der Waals surface area (Å²) < 4.78 is 391. The van der Waals surface area contributed by atoms with Gasteiger partial charge in [0.25, 0.3) is 0 Å². The van der Waals surface area contributed by atoms with E-state index in [9.17, 15) is 127 Å². The van der Waals surface area contributed by atoms with Gasteiger partial charge in [-0.3, -0.25) is 0 Å². The highest BCUT2D eigenvalue weighted by atomic mass is 32.1. The lowest BCUT2D eigenvalue weighted by molar-refractivity contribution is -0.452. The molecule has 0 fully saturated rings. The van der Waals surface area contributed by atoms with E-state index in [0.29, 0.717) is 0 Å². The minimum absolute atomic E-state index is 0.347. The smallest absolute Gasteiger partial charge is 0.311 e. The first-order valence-electron chi connectivity index (χ1n) is 13.1. The van der Waals surface area contributed by atoms with Gasteiger partial charge in [-0.1, -0.05) is 0 Å². The number of alkyl halides is 29. The molecule has 0 aliphatic rings. The largest absolute Gasteiger partial charge is 0.460 e. The van der Waals surface area contributed by atoms with Gasteiger partial charge in [0, 0.05) is 32.9 Å². The first-order chi connectivity index (χ1) is 23.9. The van der Waals surface area contributed by atoms with E-state index in [2.05, 4.69) is 37.5 Å². The summed E-state index contributed by atoms with van der Waals surface area (Å²) in [6.45, 7) is -5.82. The number of thiol groups is 2. The van der Waals surface area contributed by atoms with Crippen molar-refractivity contribution in [2.24, 2.45) is 0 Å². The Morgan fingerprint density at radius 2 is 0.589 bits per heavy atom. The van der Waals surface area contributed by atoms with Gasteiger partial charge >= 0.3 is 83.2 Å². The van der Waals surface area contributed by atoms with Crippen molar-refractivity contribution in [3.05, 3.63) is 4.77 Å². The molecule has 0 bridgehead atoms. The van der Waals surface area contributed by atoms with Gasteiger partial charge in [-0.05, 0) is 12.2 Å². The zero-order chi connectivity index (χ0) is 45.7. The molecule has 0 spiro atoms. The first-order valence-corrected chi connectivity index (χ1v) is 14.4. The third-order valence-corrected chi connectivity index (χ3v) is 8.98. The van der Waals surface area contributed by atoms with Gasteiger partial charge in [0.1, 0.15) is 10.1 Å². The van der Waals surface area contributed by atoms with Crippen molar-refractivity contribution in [2.45, 2.75) is 126 Å². The van der Waals surface area contributed by atoms with Crippen molar-refractivity contribution in [2.75, 3.05) is 0 Å². The molecule has 0 saturated carbocycles. The summed E-state index contributed by atoms with van der Waals surface area (Å²) in [5.74, 6) is -103. The Kier molecular flexibility index (Phi) is 13.1. The van der Waals surface area contributed by atoms with Crippen molar-refractivity contribution in [3.63, 3.8) is 0 Å². The first kappa shape index (κ1) is 52.1. The van der Waals surface area contributed by atoms with Crippen LogP contribution in [0.5, 0.6) is 0 Å². The van der Waals surface area contributed by atoms with Crippen LogP contribution in [0.1, 0.15) is 19.8 Å². The third kappa shape index (κ3) is 7.13. The fourth-order valence-corrected chi connectivity index (χ4v) is 5.02. The predicted molar refractivity (Wildman–Crippen MR) is 133 cm³/mol. The molecule has 1 rings (SSSR count). The van der Waals surface area contributed by atoms with Gasteiger partial charge in [-0.25, -0.2) is 0 Å². The summed E-state index contributed by atoms with van der Waals surface area (Å²) in [4.78, 5) is 0. The lowest BCUT2D eigenvalue weighted by Gasteiger charge is -2.42. The predicted octanol–water partition coefficient (Wildman–Crippen LogP) is 12.2. The van der Waals surface area contributed by atoms with Gasteiger partial charge in [0.2, 0.25) is 0 Å². The highest BCUT2D eigenvalue weighted by molar-refractivity contribution is 7.83. The van der Waals surface area contributed by atoms with E-state index in [1.54, 1.807) is 0 Å². The Morgan fingerprint density at radius 3 is 0.821 bits per heavy atom. The van der Waals surface area contributed by atoms with Crippen LogP contribution < -0.4 is 0 Å². The standard InChI is InChI=1S/C22H13F29N2S3/c1-9(23,24)12(29,30)15(35,36)18(41,42)16(37,38)13(31,32)10(25,26)2-4-52-6(54)7(55)53(8(52)56)5-3-11(27,28)14(33,34)17(39,40)19(43,44)20(45,46)21(47,48)22(49,50)51/h54-55H,2-5H2,1H3. The Morgan fingerprint density at radius 1 is 0.375 bits per heavy atom. The summed E-state index contributed by atoms with van der Waals surface area (Å²) >= 11 is 11.0. The van der Waals surface area contributed by atoms with Crippen LogP contribution in [0.4, 0.5) is 127 Å². The highest BCUT2D eigenvalue weighted by Gasteiger charge is 2.94. The Bertz CT molecular complexity index is 1530. The molecular weight excluding hydrogens is 939 g/mol. The van der Waals surface area contributed by atoms with Crippen molar-refractivity contribution in [1.82, 2.24) is 9.13 Å². The molecule has 2 nitrogen and oxygen atoms in total. The number of nitrogens with zero attached hydrogens (tertiary/aromatic N) is 2. The number of aromatic nitrogens is 2. The molecule has 0 N–H and O–H groups in total. The minimum atomic E-state index is -8.69. The van der Waals surface area contributed by atoms with E-state index >= 15 is 0 Å². The van der Waals surface area contributed by atoms with E-state index in [4.69, 9.17) is 0 Å². The van der Waals surface area contributed by atoms with Crippen LogP contribution >= 0.6 is 37.5 Å². The van der Waals surface area contributed by atoms with Crippen molar-refractivity contribution >= 4 is 37.5 Å². The van der Waals surface area contributed by atoms with Crippen LogP contribution in [0.3, 0.4) is 0 Å². The molecule has 332 valence electrons. The fourth-order valence-electron chi connectivity index (χ4n) is 3.89. The number of rotatable bonds is 17. The van der Waals surface area contributed by atoms with Gasteiger partial charge in [0.05, 0.1) is 0 Å². The van der Waals surface area contributed by atoms with Gasteiger partial charge in [0.15, 0.2) is 4.77 Å². The van der Waals surface area contributed by atoms with E-state index in [1.165, 1.54) is 0 Å². The monoisotopic (exact) mass is 952 g/mol. The number of imidazole rings is 1. The summed E-state index contributed by atoms with van der Waals surface area (Å²) in [5.41, 5.74) is 0. The zero-order valence-corrected chi connectivity index (χ0v) is 28.1. The molecule has 0 saturated heterocycles. The maximum atomic E-state index is 14.3. The van der Waals surface area contributed by atoms with Crippen molar-refractivity contribution in [3.8, 4) is 0 Å². The van der Waals surface area contributed by atoms with Crippen molar-refractivity contribution in [1.29, 1.82) is 0 Å². The van der Waals surface area contributed by atoms with E-state index in [-0.39, 0.29) is 9.13 Å². The average molecular weight is 953 g/mol. The second kappa shape index (κ2) is 14.1. The van der Waals surface area contributed by atoms with Crippen molar-refractivity contribution < 1.29 is 127 Å². The molecule has 0 atom stereocenters. The van der Waals surface area contributed by atoms with Crippen LogP contribution in [0.25, 0.3) is 0 Å². The molecule has 0 aromatic carbocycles. The molecule has 0 aliphatic heterocycles. The fraction of sp³-hybridized carbons (Fsp3) is 0.864. The highest BCUT2D eigenvalue weighted by Crippen LogP contribution is 2.64. The molecule has 56 heavy (non-hydrogen) atoms. The number of hydrogen-bond donors (Lipinski definition) is 2. The molecule has 0 aliphatic carbocycles. The third-order valence-electron chi connectivity index (χ3n) is 7.45. The van der Waals surface area contributed by atoms with Gasteiger partial charge in [-0.15, -0.1) is 25.3 Å². The van der Waals surface area contributed by atoms with Crippen LogP contribution in [0.2, 0.25) is 0 Å². The number of halogens is 29. The van der Waals surface area contributed by atoms with E-state index < -0.39 is 131 Å². The van der Waals surface area contributed by atoms with Gasteiger partial charge < -0.3 is 9.13 Å². The summed E-state index contributed by atoms with van der Waals surface area (Å²) in [7, 11) is 0. The van der Waals surface area contributed by atoms with Crippen LogP contribution in [-0.2, 0) is 13.1 Å². The van der Waals surface area contributed by atoms with Crippen LogP contribution in [-0.4, -0.2) is 92.3 Å². The SMILES string of the molecule is CC(F)(F)C(F)(F)C(F)(F)C(F)(F)C(F)(F)C(F)(F)C(F)(F)CCn1c(S)c(S)n(CCC(F)(F)C(F)(F)C(F)(F)C(F)(F)C(F)(F)C(F)(F)C(F)(F)F)c1=S. The van der Waals surface area contributed by atoms with E-state index in [0.717, 1.165) is 0 Å². The van der Waals surface area contributed by atoms with Crippen LogP contribution in [0.15, 0.2) is 10.1 Å². The second-order valence-electron chi connectivity index (χ2n) is 11.3. The molecular formula is C22H13F29N2S3. The molecule has 1 aromatic heterocycles. The quantitative estimate of drug-likeness (QED) is 0.0899. The summed E-state index contributed by atoms with van der Waals surface area (Å²) in [6.07, 6.45) is -14.3. The van der Waals surface area contributed by atoms with E-state index in [1.807, 2.05) is 0 Å². The second-order valence-corrected chi connectivity index (χ2v) is 12.5. The molecule has 1 heterocycles. The summed E-state index contributed by atoms with van der Waals surface area (Å²) in [6, 6.07) is 0. The van der Waals surface area contributed by atoms with Gasteiger partial charge in [-0.2, -0.15) is 127 Å². The molecule has 0 radical (unpaired) electrons. The maximum Gasteiger partial charge on any atom is 0.460 e. The zero-order valence-electron chi connectivity index (χ0n) is 25.5. The number of hydrogen-bond acceptors (Lipinski definition) is 3. The molecule has 1 aromatic rings. The van der Waals surface area contributed by atoms with Crippen LogP contribution in [0, 0.1) is 4.77 Å². The molecule has 0 amide bonds. The molecule has 34 heteroatoms. The lowest BCUT2D eigenvalue weighted by Crippen LogP contribution is -2.72. The molecule has 0 unspecified atom stereocenters. The topological polar surface area (TPSA) is 9.86 Å². The average Bonchev–Trinajstić information content (AvgIpc) is 3.18. The Hall–Kier alpha value is -1.90. The Labute approximate surface area is 305 Å². The normalized spacial score (nSPS) is 16.2. The maximum absolute atomic E-state index is 14.3. The lowest BCUT2D eigenvalue weighted by atomic mass is 9.89. The Balaban J connectivity index is 3.56. The minimum Gasteiger partial charge on any atom is -0.311 e.